The first-order chi connectivity index (χ1) is 3.00. The van der Waals surface area contributed by atoms with Gasteiger partial charge in [-0.2, -0.15) is 8.42 Å². The summed E-state index contributed by atoms with van der Waals surface area (Å²) in [5.41, 5.74) is 0. The molecule has 0 aliphatic heterocycles. The molecule has 49 valence electrons. The van der Waals surface area contributed by atoms with E-state index in [1.807, 2.05) is 0 Å². The van der Waals surface area contributed by atoms with E-state index in [2.05, 4.69) is 27.7 Å². The fourth-order valence-electron chi connectivity index (χ4n) is 0. The van der Waals surface area contributed by atoms with Gasteiger partial charge in [0.2, 0.25) is 0 Å². The molecule has 0 heterocycles. The Morgan fingerprint density at radius 2 is 1.29 bits per heavy atom. The van der Waals surface area contributed by atoms with Crippen LogP contribution in [0.5, 0.6) is 0 Å². The van der Waals surface area contributed by atoms with Crippen molar-refractivity contribution in [2.75, 3.05) is 0 Å². The van der Waals surface area contributed by atoms with Crippen molar-refractivity contribution in [3.8, 4) is 0 Å². The molecule has 0 rings (SSSR count). The number of hydrogen-bond donors (Lipinski definition) is 2. The van der Waals surface area contributed by atoms with Gasteiger partial charge < -0.3 is 0 Å². The number of halogens is 1. The summed E-state index contributed by atoms with van der Waals surface area (Å²) in [7, 11) is -0.178. The molecule has 0 aromatic carbocycles. The molecule has 0 bridgehead atoms. The van der Waals surface area contributed by atoms with Gasteiger partial charge in [-0.25, -0.2) is 0 Å². The summed E-state index contributed by atoms with van der Waals surface area (Å²) in [6.45, 7) is 0. The molecule has 0 fully saturated rings. The topological polar surface area (TPSA) is 74.6 Å². The Morgan fingerprint density at radius 1 is 1.29 bits per heavy atom. The Hall–Kier alpha value is 0.822. The molecule has 7 heteroatoms. The summed E-state index contributed by atoms with van der Waals surface area (Å²) >= 11 is 2.22. The Kier molecular flexibility index (Phi) is 7.62. The molecule has 7 heavy (non-hydrogen) atoms. The molecule has 0 aromatic rings. The van der Waals surface area contributed by atoms with E-state index < -0.39 is 10.4 Å². The van der Waals surface area contributed by atoms with Crippen LogP contribution in [0, 0.1) is 0 Å². The van der Waals surface area contributed by atoms with E-state index in [1.54, 1.807) is 0 Å². The number of hydrogen-bond acceptors (Lipinski definition) is 2. The van der Waals surface area contributed by atoms with Gasteiger partial charge in [0.05, 0.1) is 0 Å². The molecule has 0 aliphatic rings. The van der Waals surface area contributed by atoms with Crippen molar-refractivity contribution >= 4 is 19.9 Å². The van der Waals surface area contributed by atoms with Crippen LogP contribution in [0.15, 0.2) is 0 Å². The second-order valence-electron chi connectivity index (χ2n) is 0.448. The van der Waals surface area contributed by atoms with Crippen LogP contribution >= 0.6 is 9.53 Å². The van der Waals surface area contributed by atoms with Crippen LogP contribution in [0.3, 0.4) is 0 Å². The van der Waals surface area contributed by atoms with E-state index in [-0.39, 0.29) is 0 Å². The first-order valence-electron chi connectivity index (χ1n) is 0.818. The second kappa shape index (κ2) is 4.97. The molecule has 0 unspecified atom stereocenters. The normalized spacial score (nSPS) is 9.29. The van der Waals surface area contributed by atoms with Gasteiger partial charge in [-0.3, -0.25) is 9.11 Å². The van der Waals surface area contributed by atoms with Gasteiger partial charge in [0.15, 0.2) is 0 Å². The van der Waals surface area contributed by atoms with Crippen LogP contribution in [0.4, 0.5) is 0 Å². The Bertz CT molecular complexity index is 94.9. The standard InChI is InChI=1S/ClH.H2O4S.Pd/c;1-5(2,3)4;/h1H;(H2,1,2,3,4);/q;;+1/p-1. The monoisotopic (exact) mass is 239 g/mol. The van der Waals surface area contributed by atoms with Gasteiger partial charge in [0.25, 0.3) is 0 Å². The Labute approximate surface area is 55.8 Å². The fourth-order valence-corrected chi connectivity index (χ4v) is 0. The van der Waals surface area contributed by atoms with Crippen molar-refractivity contribution in [3.05, 3.63) is 0 Å². The zero-order chi connectivity index (χ0) is 6.50. The first kappa shape index (κ1) is 10.7. The molecule has 0 atom stereocenters. The van der Waals surface area contributed by atoms with Gasteiger partial charge in [0, 0.05) is 0 Å². The third kappa shape index (κ3) is 235. The summed E-state index contributed by atoms with van der Waals surface area (Å²) in [5, 5.41) is 0. The summed E-state index contributed by atoms with van der Waals surface area (Å²) in [6.07, 6.45) is 0. The second-order valence-corrected chi connectivity index (χ2v) is 1.34. The average Bonchev–Trinajstić information content (AvgIpc) is 1.36. The van der Waals surface area contributed by atoms with E-state index in [9.17, 15) is 0 Å². The molecular formula is H2ClO4PdS. The van der Waals surface area contributed by atoms with Crippen molar-refractivity contribution in [2.24, 2.45) is 0 Å². The van der Waals surface area contributed by atoms with Gasteiger partial charge >= 0.3 is 38.1 Å². The quantitative estimate of drug-likeness (QED) is 0.462. The Morgan fingerprint density at radius 3 is 1.29 bits per heavy atom. The minimum atomic E-state index is -4.67. The van der Waals surface area contributed by atoms with Gasteiger partial charge in [0.1, 0.15) is 0 Å². The predicted octanol–water partition coefficient (Wildman–Crippen LogP) is 0.0342. The van der Waals surface area contributed by atoms with Crippen LogP contribution in [0.25, 0.3) is 0 Å². The molecule has 2 N–H and O–H groups in total. The summed E-state index contributed by atoms with van der Waals surface area (Å²) in [6, 6.07) is 0. The zero-order valence-electron chi connectivity index (χ0n) is 2.81. The summed E-state index contributed by atoms with van der Waals surface area (Å²) < 4.78 is 31.6. The SMILES string of the molecule is O=S(=O)(O)O.[Cl][Pd]. The van der Waals surface area contributed by atoms with E-state index in [0.717, 1.165) is 0 Å². The summed E-state index contributed by atoms with van der Waals surface area (Å²) in [4.78, 5) is 0. The van der Waals surface area contributed by atoms with Gasteiger partial charge in [-0.1, -0.05) is 0 Å². The first-order valence-corrected chi connectivity index (χ1v) is 4.22. The average molecular weight is 240 g/mol. The van der Waals surface area contributed by atoms with Crippen LogP contribution in [-0.2, 0) is 28.6 Å². The molecule has 0 radical (unpaired) electrons. The fraction of sp³-hybridized carbons (Fsp3) is 0. The minimum absolute atomic E-state index is 2.22. The molecule has 0 saturated heterocycles. The van der Waals surface area contributed by atoms with Crippen LogP contribution in [-0.4, -0.2) is 17.5 Å². The van der Waals surface area contributed by atoms with Gasteiger partial charge in [-0.15, -0.1) is 0 Å². The van der Waals surface area contributed by atoms with Crippen LogP contribution in [0.2, 0.25) is 0 Å². The van der Waals surface area contributed by atoms with Crippen molar-refractivity contribution < 1.29 is 35.7 Å². The third-order valence-corrected chi connectivity index (χ3v) is 0. The molecule has 0 aliphatic carbocycles. The van der Waals surface area contributed by atoms with E-state index in [1.165, 1.54) is 0 Å². The zero-order valence-corrected chi connectivity index (χ0v) is 5.94. The molecular weight excluding hydrogens is 238 g/mol. The third-order valence-electron chi connectivity index (χ3n) is 0. The maximum absolute atomic E-state index is 8.74. The van der Waals surface area contributed by atoms with E-state index in [0.29, 0.717) is 0 Å². The number of rotatable bonds is 0. The van der Waals surface area contributed by atoms with Crippen molar-refractivity contribution in [2.45, 2.75) is 0 Å². The van der Waals surface area contributed by atoms with Crippen LogP contribution in [0.1, 0.15) is 0 Å². The van der Waals surface area contributed by atoms with E-state index in [4.69, 9.17) is 17.5 Å². The molecule has 0 saturated carbocycles. The molecule has 0 aromatic heterocycles. The molecule has 0 spiro atoms. The molecule has 4 nitrogen and oxygen atoms in total. The van der Waals surface area contributed by atoms with Crippen LogP contribution < -0.4 is 0 Å². The Balaban J connectivity index is 0. The molecule has 0 amide bonds. The van der Waals surface area contributed by atoms with Crippen molar-refractivity contribution in [3.63, 3.8) is 0 Å². The van der Waals surface area contributed by atoms with Gasteiger partial charge in [-0.05, 0) is 0 Å². The van der Waals surface area contributed by atoms with Crippen molar-refractivity contribution in [1.29, 1.82) is 0 Å². The summed E-state index contributed by atoms with van der Waals surface area (Å²) in [5.74, 6) is 0. The maximum atomic E-state index is 8.74. The van der Waals surface area contributed by atoms with E-state index >= 15 is 0 Å². The predicted molar refractivity (Wildman–Crippen MR) is 20.0 cm³/mol. The van der Waals surface area contributed by atoms with Crippen molar-refractivity contribution in [1.82, 2.24) is 0 Å².